The Kier molecular flexibility index (Phi) is 7.37. The van der Waals surface area contributed by atoms with Gasteiger partial charge in [0.15, 0.2) is 11.6 Å². The number of nitrogens with zero attached hydrogens (tertiary/aromatic N) is 3. The number of sulfonamides is 1. The lowest BCUT2D eigenvalue weighted by molar-refractivity contribution is -0.138. The fourth-order valence-corrected chi connectivity index (χ4v) is 4.67. The predicted molar refractivity (Wildman–Crippen MR) is 144 cm³/mol. The van der Waals surface area contributed by atoms with Crippen molar-refractivity contribution in [2.24, 2.45) is 0 Å². The molecule has 0 aliphatic carbocycles. The quantitative estimate of drug-likeness (QED) is 0.274. The summed E-state index contributed by atoms with van der Waals surface area (Å²) in [4.78, 5) is 21.8. The van der Waals surface area contributed by atoms with Gasteiger partial charge >= 0.3 is 5.97 Å². The molecule has 1 unspecified atom stereocenters. The first-order chi connectivity index (χ1) is 17.6. The minimum Gasteiger partial charge on any atom is -0.497 e. The van der Waals surface area contributed by atoms with Crippen molar-refractivity contribution in [2.75, 3.05) is 29.1 Å². The predicted octanol–water partition coefficient (Wildman–Crippen LogP) is 4.75. The van der Waals surface area contributed by atoms with Gasteiger partial charge in [-0.1, -0.05) is 29.8 Å². The van der Waals surface area contributed by atoms with Gasteiger partial charge in [0.25, 0.3) is 10.0 Å². The molecule has 10 nitrogen and oxygen atoms in total. The van der Waals surface area contributed by atoms with Crippen molar-refractivity contribution in [1.82, 2.24) is 9.97 Å². The van der Waals surface area contributed by atoms with Gasteiger partial charge < -0.3 is 20.1 Å². The Balaban J connectivity index is 1.75. The molecule has 0 radical (unpaired) electrons. The number of anilines is 4. The van der Waals surface area contributed by atoms with E-state index in [2.05, 4.69) is 20.0 Å². The molecule has 1 heterocycles. The molecule has 3 N–H and O–H groups in total. The summed E-state index contributed by atoms with van der Waals surface area (Å²) in [6, 6.07) is 17.1. The highest BCUT2D eigenvalue weighted by Crippen LogP contribution is 2.33. The fourth-order valence-electron chi connectivity index (χ4n) is 3.46. The number of aliphatic carboxylic acids is 1. The third-order valence-electron chi connectivity index (χ3n) is 5.70. The largest absolute Gasteiger partial charge is 0.497 e. The van der Waals surface area contributed by atoms with Crippen LogP contribution in [-0.2, 0) is 14.8 Å². The molecule has 0 bridgehead atoms. The van der Waals surface area contributed by atoms with Crippen molar-refractivity contribution in [3.63, 3.8) is 0 Å². The molecule has 0 aliphatic heterocycles. The number of carboxylic acid groups (broad SMARTS) is 1. The lowest BCUT2D eigenvalue weighted by atomic mass is 10.2. The van der Waals surface area contributed by atoms with Crippen LogP contribution in [0, 0.1) is 0 Å². The number of carbonyl (C=O) groups is 1. The van der Waals surface area contributed by atoms with Gasteiger partial charge in [-0.2, -0.15) is 0 Å². The number of likely N-dealkylation sites (N-methyl/N-ethyl adjacent to an activating group) is 1. The van der Waals surface area contributed by atoms with Gasteiger partial charge in [0.2, 0.25) is 0 Å². The molecule has 37 heavy (non-hydrogen) atoms. The van der Waals surface area contributed by atoms with E-state index in [-0.39, 0.29) is 16.5 Å². The van der Waals surface area contributed by atoms with Gasteiger partial charge in [-0.25, -0.2) is 23.2 Å². The summed E-state index contributed by atoms with van der Waals surface area (Å²) in [5.74, 6) is -0.410. The number of ether oxygens (including phenoxy) is 1. The van der Waals surface area contributed by atoms with E-state index in [9.17, 15) is 18.3 Å². The highest BCUT2D eigenvalue weighted by molar-refractivity contribution is 7.92. The Bertz CT molecular complexity index is 1580. The molecule has 0 saturated heterocycles. The molecule has 4 rings (SSSR count). The zero-order valence-corrected chi connectivity index (χ0v) is 21.7. The van der Waals surface area contributed by atoms with Crippen LogP contribution < -0.4 is 19.7 Å². The van der Waals surface area contributed by atoms with Crippen molar-refractivity contribution < 1.29 is 23.1 Å². The van der Waals surface area contributed by atoms with E-state index < -0.39 is 22.0 Å². The number of para-hydroxylation sites is 2. The monoisotopic (exact) mass is 541 g/mol. The summed E-state index contributed by atoms with van der Waals surface area (Å²) in [5.41, 5.74) is 1.88. The molecule has 192 valence electrons. The standard InChI is InChI=1S/C25H24ClN5O5S/c1-15(25(32)33)31(2)16-7-6-8-18(13-16)37(34,35)30-24-23(27-20-9-4-5-10-21(20)28-24)29-22-14-17(36-3)11-12-19(22)26/h4-15H,1-3H3,(H,27,29)(H,28,30)(H,32,33). The van der Waals surface area contributed by atoms with Crippen LogP contribution in [0.3, 0.4) is 0 Å². The number of aromatic nitrogens is 2. The summed E-state index contributed by atoms with van der Waals surface area (Å²) < 4.78 is 34.6. The third-order valence-corrected chi connectivity index (χ3v) is 7.37. The summed E-state index contributed by atoms with van der Waals surface area (Å²) in [6.07, 6.45) is 0. The van der Waals surface area contributed by atoms with Crippen molar-refractivity contribution in [2.45, 2.75) is 17.9 Å². The second kappa shape index (κ2) is 10.5. The van der Waals surface area contributed by atoms with Crippen LogP contribution in [-0.4, -0.2) is 49.7 Å². The lowest BCUT2D eigenvalue weighted by Crippen LogP contribution is -2.35. The molecule has 0 saturated carbocycles. The van der Waals surface area contributed by atoms with Gasteiger partial charge in [0.1, 0.15) is 11.8 Å². The maximum absolute atomic E-state index is 13.4. The number of hydrogen-bond donors (Lipinski definition) is 3. The summed E-state index contributed by atoms with van der Waals surface area (Å²) in [6.45, 7) is 1.51. The van der Waals surface area contributed by atoms with Gasteiger partial charge in [0.05, 0.1) is 33.7 Å². The number of rotatable bonds is 9. The van der Waals surface area contributed by atoms with E-state index in [1.165, 1.54) is 37.1 Å². The van der Waals surface area contributed by atoms with E-state index in [1.54, 1.807) is 55.6 Å². The van der Waals surface area contributed by atoms with Crippen molar-refractivity contribution in [1.29, 1.82) is 0 Å². The van der Waals surface area contributed by atoms with E-state index >= 15 is 0 Å². The van der Waals surface area contributed by atoms with Crippen molar-refractivity contribution in [3.8, 4) is 5.75 Å². The topological polar surface area (TPSA) is 134 Å². The molecule has 0 spiro atoms. The fraction of sp³-hybridized carbons (Fsp3) is 0.160. The minimum atomic E-state index is -4.15. The van der Waals surface area contributed by atoms with E-state index in [1.807, 2.05) is 0 Å². The second-order valence-corrected chi connectivity index (χ2v) is 10.2. The van der Waals surface area contributed by atoms with Crippen molar-refractivity contribution >= 4 is 61.6 Å². The third kappa shape index (κ3) is 5.68. The number of benzene rings is 3. The van der Waals surface area contributed by atoms with Gasteiger partial charge in [-0.15, -0.1) is 0 Å². The van der Waals surface area contributed by atoms with Crippen LogP contribution in [0.15, 0.2) is 71.6 Å². The first-order valence-corrected chi connectivity index (χ1v) is 12.9. The lowest BCUT2D eigenvalue weighted by Gasteiger charge is -2.24. The zero-order chi connectivity index (χ0) is 26.7. The average molecular weight is 542 g/mol. The van der Waals surface area contributed by atoms with Crippen LogP contribution in [0.1, 0.15) is 6.92 Å². The van der Waals surface area contributed by atoms with Crippen LogP contribution in [0.4, 0.5) is 23.0 Å². The number of methoxy groups -OCH3 is 1. The maximum Gasteiger partial charge on any atom is 0.326 e. The van der Waals surface area contributed by atoms with E-state index in [4.69, 9.17) is 16.3 Å². The van der Waals surface area contributed by atoms with Gasteiger partial charge in [-0.3, -0.25) is 4.72 Å². The Morgan fingerprint density at radius 3 is 2.35 bits per heavy atom. The van der Waals surface area contributed by atoms with Crippen LogP contribution >= 0.6 is 11.6 Å². The normalized spacial score (nSPS) is 12.1. The molecule has 0 fully saturated rings. The molecule has 12 heteroatoms. The maximum atomic E-state index is 13.4. The van der Waals surface area contributed by atoms with Gasteiger partial charge in [0, 0.05) is 18.8 Å². The summed E-state index contributed by atoms with van der Waals surface area (Å²) in [7, 11) is -1.05. The Labute approximate surface area is 218 Å². The Morgan fingerprint density at radius 2 is 1.70 bits per heavy atom. The minimum absolute atomic E-state index is 0.0461. The second-order valence-electron chi connectivity index (χ2n) is 8.11. The van der Waals surface area contributed by atoms with E-state index in [0.717, 1.165) is 0 Å². The molecule has 1 atom stereocenters. The summed E-state index contributed by atoms with van der Waals surface area (Å²) in [5, 5.41) is 12.7. The molecular weight excluding hydrogens is 518 g/mol. The zero-order valence-electron chi connectivity index (χ0n) is 20.1. The molecule has 1 aromatic heterocycles. The number of hydrogen-bond acceptors (Lipinski definition) is 8. The average Bonchev–Trinajstić information content (AvgIpc) is 2.89. The molecular formula is C25H24ClN5O5S. The molecule has 0 aliphatic rings. The number of halogens is 1. The SMILES string of the molecule is COc1ccc(Cl)c(Nc2nc3ccccc3nc2NS(=O)(=O)c2cccc(N(C)C(C)C(=O)O)c2)c1. The smallest absolute Gasteiger partial charge is 0.326 e. The van der Waals surface area contributed by atoms with Crippen molar-refractivity contribution in [3.05, 3.63) is 71.8 Å². The Morgan fingerprint density at radius 1 is 1.03 bits per heavy atom. The molecule has 3 aromatic carbocycles. The van der Waals surface area contributed by atoms with E-state index in [0.29, 0.717) is 33.2 Å². The van der Waals surface area contributed by atoms with Crippen LogP contribution in [0.2, 0.25) is 5.02 Å². The van der Waals surface area contributed by atoms with Crippen LogP contribution in [0.5, 0.6) is 5.75 Å². The Hall–Kier alpha value is -4.09. The van der Waals surface area contributed by atoms with Gasteiger partial charge in [-0.05, 0) is 49.4 Å². The summed E-state index contributed by atoms with van der Waals surface area (Å²) >= 11 is 6.35. The number of nitrogens with one attached hydrogen (secondary N) is 2. The molecule has 4 aromatic rings. The van der Waals surface area contributed by atoms with Crippen LogP contribution in [0.25, 0.3) is 11.0 Å². The number of fused-ring (bicyclic) bond motifs is 1. The first-order valence-electron chi connectivity index (χ1n) is 11.0. The highest BCUT2D eigenvalue weighted by Gasteiger charge is 2.22. The molecule has 0 amide bonds. The highest BCUT2D eigenvalue weighted by atomic mass is 35.5. The number of carboxylic acids is 1. The first kappa shape index (κ1) is 26.0.